The summed E-state index contributed by atoms with van der Waals surface area (Å²) in [6.45, 7) is 3.45. The van der Waals surface area contributed by atoms with Crippen LogP contribution in [0, 0.1) is 12.7 Å². The number of pyridine rings is 1. The molecular weight excluding hydrogens is 417 g/mol. The molecule has 1 unspecified atom stereocenters. The predicted octanol–water partition coefficient (Wildman–Crippen LogP) is 5.34. The minimum atomic E-state index is -0.408. The van der Waals surface area contributed by atoms with Gasteiger partial charge in [0.15, 0.2) is 0 Å². The topological polar surface area (TPSA) is 65.5 Å². The van der Waals surface area contributed by atoms with Crippen molar-refractivity contribution < 1.29 is 9.18 Å². The summed E-state index contributed by atoms with van der Waals surface area (Å²) in [5, 5.41) is 6.90. The maximum atomic E-state index is 13.5. The molecule has 1 aliphatic rings. The normalized spacial score (nSPS) is 15.7. The quantitative estimate of drug-likeness (QED) is 0.468. The second-order valence-corrected chi connectivity index (χ2v) is 8.30. The van der Waals surface area contributed by atoms with Gasteiger partial charge >= 0.3 is 0 Å². The summed E-state index contributed by atoms with van der Waals surface area (Å²) in [7, 11) is 0. The summed E-state index contributed by atoms with van der Waals surface area (Å²) in [6, 6.07) is 21.3. The van der Waals surface area contributed by atoms with Crippen LogP contribution in [-0.2, 0) is 4.79 Å². The standard InChI is InChI=1S/C27H22FN3O2/c1-16-8-13-22-21(14-16)25(19-6-4-3-5-7-19)26(27(33)29-22)23-15-24(31(30-23)17(2)32)18-9-11-20(28)12-10-18/h3-14,24H,15H2,1-2H3,(H,29,33). The number of hydrazone groups is 1. The third-order valence-electron chi connectivity index (χ3n) is 6.01. The fourth-order valence-corrected chi connectivity index (χ4v) is 4.48. The van der Waals surface area contributed by atoms with Crippen LogP contribution >= 0.6 is 0 Å². The van der Waals surface area contributed by atoms with Crippen LogP contribution in [-0.4, -0.2) is 21.6 Å². The van der Waals surface area contributed by atoms with Gasteiger partial charge in [-0.15, -0.1) is 0 Å². The molecule has 5 nitrogen and oxygen atoms in total. The van der Waals surface area contributed by atoms with E-state index in [-0.39, 0.29) is 17.3 Å². The molecule has 0 bridgehead atoms. The van der Waals surface area contributed by atoms with E-state index in [4.69, 9.17) is 0 Å². The molecule has 5 rings (SSSR count). The van der Waals surface area contributed by atoms with E-state index >= 15 is 0 Å². The summed E-state index contributed by atoms with van der Waals surface area (Å²) >= 11 is 0. The highest BCUT2D eigenvalue weighted by Crippen LogP contribution is 2.37. The summed E-state index contributed by atoms with van der Waals surface area (Å²) < 4.78 is 13.5. The number of rotatable bonds is 3. The van der Waals surface area contributed by atoms with Gasteiger partial charge in [0.05, 0.1) is 17.3 Å². The number of carbonyl (C=O) groups is 1. The zero-order valence-corrected chi connectivity index (χ0v) is 18.3. The number of benzene rings is 3. The Balaban J connectivity index is 1.74. The smallest absolute Gasteiger partial charge is 0.258 e. The SMILES string of the molecule is CC(=O)N1N=C(c2c(-c3ccccc3)c3cc(C)ccc3[nH]c2=O)CC1c1ccc(F)cc1. The molecule has 0 fully saturated rings. The van der Waals surface area contributed by atoms with E-state index in [9.17, 15) is 14.0 Å². The second kappa shape index (κ2) is 8.13. The first-order valence-corrected chi connectivity index (χ1v) is 10.8. The van der Waals surface area contributed by atoms with Crippen LogP contribution in [0.1, 0.15) is 36.1 Å². The Morgan fingerprint density at radius 3 is 2.45 bits per heavy atom. The molecule has 1 aliphatic heterocycles. The van der Waals surface area contributed by atoms with Crippen molar-refractivity contribution in [1.29, 1.82) is 0 Å². The number of hydrogen-bond acceptors (Lipinski definition) is 3. The summed E-state index contributed by atoms with van der Waals surface area (Å²) in [5.41, 5.74) is 4.99. The Labute approximate surface area is 190 Å². The minimum Gasteiger partial charge on any atom is -0.321 e. The van der Waals surface area contributed by atoms with Crippen molar-refractivity contribution in [3.05, 3.63) is 106 Å². The van der Waals surface area contributed by atoms with Gasteiger partial charge in [-0.3, -0.25) is 9.59 Å². The van der Waals surface area contributed by atoms with Crippen LogP contribution in [0.4, 0.5) is 4.39 Å². The summed E-state index contributed by atoms with van der Waals surface area (Å²) in [5.74, 6) is -0.589. The molecule has 1 atom stereocenters. The molecule has 0 saturated carbocycles. The molecule has 0 radical (unpaired) electrons. The number of H-pyrrole nitrogens is 1. The van der Waals surface area contributed by atoms with Crippen LogP contribution in [0.2, 0.25) is 0 Å². The van der Waals surface area contributed by atoms with Gasteiger partial charge in [-0.05, 0) is 42.3 Å². The van der Waals surface area contributed by atoms with E-state index in [0.717, 1.165) is 33.2 Å². The molecule has 4 aromatic rings. The van der Waals surface area contributed by atoms with Crippen molar-refractivity contribution >= 4 is 22.5 Å². The first-order chi connectivity index (χ1) is 15.9. The van der Waals surface area contributed by atoms with Gasteiger partial charge in [0.25, 0.3) is 5.56 Å². The number of fused-ring (bicyclic) bond motifs is 1. The summed E-state index contributed by atoms with van der Waals surface area (Å²) in [4.78, 5) is 28.8. The predicted molar refractivity (Wildman–Crippen MR) is 128 cm³/mol. The average Bonchev–Trinajstić information content (AvgIpc) is 3.25. The maximum Gasteiger partial charge on any atom is 0.258 e. The molecule has 1 N–H and O–H groups in total. The molecule has 1 aromatic heterocycles. The number of aryl methyl sites for hydroxylation is 1. The van der Waals surface area contributed by atoms with E-state index in [2.05, 4.69) is 10.1 Å². The first kappa shape index (κ1) is 20.8. The average molecular weight is 439 g/mol. The number of aromatic amines is 1. The molecule has 33 heavy (non-hydrogen) atoms. The van der Waals surface area contributed by atoms with Crippen molar-refractivity contribution in [1.82, 2.24) is 9.99 Å². The molecule has 0 aliphatic carbocycles. The zero-order valence-electron chi connectivity index (χ0n) is 18.3. The first-order valence-electron chi connectivity index (χ1n) is 10.8. The number of carbonyl (C=O) groups excluding carboxylic acids is 1. The van der Waals surface area contributed by atoms with Crippen LogP contribution < -0.4 is 5.56 Å². The van der Waals surface area contributed by atoms with Crippen molar-refractivity contribution in [2.75, 3.05) is 0 Å². The van der Waals surface area contributed by atoms with Crippen LogP contribution in [0.5, 0.6) is 0 Å². The van der Waals surface area contributed by atoms with Crippen LogP contribution in [0.15, 0.2) is 82.7 Å². The van der Waals surface area contributed by atoms with Gasteiger partial charge in [0, 0.05) is 29.8 Å². The Kier molecular flexibility index (Phi) is 5.13. The van der Waals surface area contributed by atoms with Gasteiger partial charge < -0.3 is 4.98 Å². The molecule has 164 valence electrons. The van der Waals surface area contributed by atoms with Gasteiger partial charge in [0.1, 0.15) is 5.82 Å². The van der Waals surface area contributed by atoms with Gasteiger partial charge in [0.2, 0.25) is 5.91 Å². The third kappa shape index (κ3) is 3.74. The molecule has 1 amide bonds. The van der Waals surface area contributed by atoms with Crippen LogP contribution in [0.25, 0.3) is 22.0 Å². The van der Waals surface area contributed by atoms with Crippen LogP contribution in [0.3, 0.4) is 0 Å². The lowest BCUT2D eigenvalue weighted by Crippen LogP contribution is -2.24. The lowest BCUT2D eigenvalue weighted by Gasteiger charge is -2.20. The highest BCUT2D eigenvalue weighted by molar-refractivity contribution is 6.12. The third-order valence-corrected chi connectivity index (χ3v) is 6.01. The molecule has 2 heterocycles. The Morgan fingerprint density at radius 2 is 1.76 bits per heavy atom. The zero-order chi connectivity index (χ0) is 23.1. The van der Waals surface area contributed by atoms with E-state index in [1.54, 1.807) is 12.1 Å². The van der Waals surface area contributed by atoms with E-state index < -0.39 is 6.04 Å². The highest BCUT2D eigenvalue weighted by atomic mass is 19.1. The van der Waals surface area contributed by atoms with Crippen molar-refractivity contribution in [2.24, 2.45) is 5.10 Å². The Morgan fingerprint density at radius 1 is 1.03 bits per heavy atom. The number of hydrogen-bond donors (Lipinski definition) is 1. The fourth-order valence-electron chi connectivity index (χ4n) is 4.48. The molecule has 0 saturated heterocycles. The molecular formula is C27H22FN3O2. The van der Waals surface area contributed by atoms with E-state index in [0.29, 0.717) is 17.7 Å². The van der Waals surface area contributed by atoms with Gasteiger partial charge in [-0.2, -0.15) is 5.10 Å². The lowest BCUT2D eigenvalue weighted by molar-refractivity contribution is -0.130. The van der Waals surface area contributed by atoms with Crippen molar-refractivity contribution in [3.63, 3.8) is 0 Å². The number of aromatic nitrogens is 1. The molecule has 6 heteroatoms. The molecule has 3 aromatic carbocycles. The Bertz CT molecular complexity index is 1460. The highest BCUT2D eigenvalue weighted by Gasteiger charge is 2.34. The van der Waals surface area contributed by atoms with Crippen molar-refractivity contribution in [2.45, 2.75) is 26.3 Å². The number of nitrogens with one attached hydrogen (secondary N) is 1. The van der Waals surface area contributed by atoms with E-state index in [1.165, 1.54) is 24.1 Å². The van der Waals surface area contributed by atoms with E-state index in [1.807, 2.05) is 55.5 Å². The largest absolute Gasteiger partial charge is 0.321 e. The molecule has 0 spiro atoms. The monoisotopic (exact) mass is 439 g/mol. The second-order valence-electron chi connectivity index (χ2n) is 8.30. The Hall–Kier alpha value is -4.06. The van der Waals surface area contributed by atoms with Gasteiger partial charge in [-0.25, -0.2) is 9.40 Å². The fraction of sp³-hybridized carbons (Fsp3) is 0.148. The number of nitrogens with zero attached hydrogens (tertiary/aromatic N) is 2. The minimum absolute atomic E-state index is 0.242. The van der Waals surface area contributed by atoms with Crippen molar-refractivity contribution in [3.8, 4) is 11.1 Å². The summed E-state index contributed by atoms with van der Waals surface area (Å²) in [6.07, 6.45) is 0.353. The van der Waals surface area contributed by atoms with Gasteiger partial charge in [-0.1, -0.05) is 54.1 Å². The number of amides is 1. The lowest BCUT2D eigenvalue weighted by atomic mass is 9.90. The number of halogens is 1. The maximum absolute atomic E-state index is 13.5.